The van der Waals surface area contributed by atoms with E-state index >= 15 is 0 Å². The fraction of sp³-hybridized carbons (Fsp3) is 0.278. The maximum atomic E-state index is 12.6. The van der Waals surface area contributed by atoms with Crippen molar-refractivity contribution in [3.8, 4) is 0 Å². The lowest BCUT2D eigenvalue weighted by Gasteiger charge is -2.23. The summed E-state index contributed by atoms with van der Waals surface area (Å²) in [4.78, 5) is 37.9. The number of anilines is 2. The Kier molecular flexibility index (Phi) is 5.21. The van der Waals surface area contributed by atoms with Crippen molar-refractivity contribution >= 4 is 29.2 Å². The summed E-state index contributed by atoms with van der Waals surface area (Å²) in [5.41, 5.74) is 1.20. The first-order valence-corrected chi connectivity index (χ1v) is 8.32. The Bertz CT molecular complexity index is 786. The van der Waals surface area contributed by atoms with E-state index in [4.69, 9.17) is 4.42 Å². The van der Waals surface area contributed by atoms with Gasteiger partial charge in [0.25, 0.3) is 5.91 Å². The van der Waals surface area contributed by atoms with Crippen molar-refractivity contribution in [1.82, 2.24) is 10.2 Å². The minimum Gasteiger partial charge on any atom is -0.459 e. The lowest BCUT2D eigenvalue weighted by molar-refractivity contribution is -0.119. The number of carbonyl (C=O) groups excluding carboxylic acids is 3. The molecule has 1 aromatic heterocycles. The van der Waals surface area contributed by atoms with Gasteiger partial charge in [0.05, 0.1) is 6.26 Å². The average molecular weight is 356 g/mol. The second kappa shape index (κ2) is 7.73. The van der Waals surface area contributed by atoms with Crippen LogP contribution in [0.3, 0.4) is 0 Å². The van der Waals surface area contributed by atoms with Gasteiger partial charge in [0.1, 0.15) is 6.04 Å². The van der Waals surface area contributed by atoms with Gasteiger partial charge in [-0.1, -0.05) is 0 Å². The summed E-state index contributed by atoms with van der Waals surface area (Å²) in [5.74, 6) is -0.290. The Morgan fingerprint density at radius 3 is 2.38 bits per heavy atom. The fourth-order valence-electron chi connectivity index (χ4n) is 2.88. The molecule has 4 amide bonds. The van der Waals surface area contributed by atoms with Crippen LogP contribution in [0.5, 0.6) is 0 Å². The molecule has 2 aromatic rings. The highest BCUT2D eigenvalue weighted by Gasteiger charge is 2.35. The quantitative estimate of drug-likeness (QED) is 0.782. The number of likely N-dealkylation sites (tertiary alicyclic amines) is 1. The van der Waals surface area contributed by atoms with Crippen LogP contribution in [0.1, 0.15) is 23.4 Å². The Labute approximate surface area is 150 Å². The van der Waals surface area contributed by atoms with Gasteiger partial charge in [-0.15, -0.1) is 0 Å². The number of rotatable bonds is 4. The molecule has 26 heavy (non-hydrogen) atoms. The number of nitrogens with zero attached hydrogens (tertiary/aromatic N) is 1. The van der Waals surface area contributed by atoms with E-state index in [1.807, 2.05) is 0 Å². The molecule has 3 rings (SSSR count). The van der Waals surface area contributed by atoms with Gasteiger partial charge in [0.2, 0.25) is 5.91 Å². The summed E-state index contributed by atoms with van der Waals surface area (Å²) in [6, 6.07) is 9.14. The fourth-order valence-corrected chi connectivity index (χ4v) is 2.88. The number of hydrogen-bond acceptors (Lipinski definition) is 4. The first-order valence-electron chi connectivity index (χ1n) is 8.32. The first-order chi connectivity index (χ1) is 12.6. The molecule has 1 aliphatic rings. The molecule has 8 nitrogen and oxygen atoms in total. The third-order valence-electron chi connectivity index (χ3n) is 4.19. The van der Waals surface area contributed by atoms with Crippen LogP contribution in [-0.2, 0) is 4.79 Å². The monoisotopic (exact) mass is 356 g/mol. The normalized spacial score (nSPS) is 16.2. The van der Waals surface area contributed by atoms with Crippen LogP contribution >= 0.6 is 0 Å². The maximum Gasteiger partial charge on any atom is 0.318 e. The van der Waals surface area contributed by atoms with Crippen molar-refractivity contribution < 1.29 is 18.8 Å². The topological polar surface area (TPSA) is 104 Å². The van der Waals surface area contributed by atoms with E-state index in [1.54, 1.807) is 36.4 Å². The Morgan fingerprint density at radius 1 is 1.08 bits per heavy atom. The molecule has 0 bridgehead atoms. The highest BCUT2D eigenvalue weighted by Crippen LogP contribution is 2.22. The molecule has 1 atom stereocenters. The molecule has 1 unspecified atom stereocenters. The van der Waals surface area contributed by atoms with Crippen molar-refractivity contribution in [3.05, 3.63) is 48.4 Å². The summed E-state index contributed by atoms with van der Waals surface area (Å²) in [6.07, 6.45) is 2.81. The Balaban J connectivity index is 1.63. The van der Waals surface area contributed by atoms with Gasteiger partial charge in [-0.05, 0) is 49.2 Å². The van der Waals surface area contributed by atoms with Gasteiger partial charge in [0.15, 0.2) is 5.76 Å². The minimum atomic E-state index is -0.531. The van der Waals surface area contributed by atoms with Crippen LogP contribution in [0.25, 0.3) is 0 Å². The van der Waals surface area contributed by atoms with Crippen LogP contribution in [0.2, 0.25) is 0 Å². The molecule has 1 fully saturated rings. The highest BCUT2D eigenvalue weighted by molar-refractivity contribution is 6.00. The van der Waals surface area contributed by atoms with Crippen LogP contribution in [0.15, 0.2) is 47.1 Å². The van der Waals surface area contributed by atoms with E-state index < -0.39 is 6.04 Å². The predicted molar refractivity (Wildman–Crippen MR) is 95.9 cm³/mol. The van der Waals surface area contributed by atoms with E-state index in [-0.39, 0.29) is 23.6 Å². The smallest absolute Gasteiger partial charge is 0.318 e. The van der Waals surface area contributed by atoms with Gasteiger partial charge < -0.3 is 25.3 Å². The largest absolute Gasteiger partial charge is 0.459 e. The van der Waals surface area contributed by atoms with Crippen molar-refractivity contribution in [1.29, 1.82) is 0 Å². The van der Waals surface area contributed by atoms with Gasteiger partial charge in [-0.3, -0.25) is 9.59 Å². The molecular weight excluding hydrogens is 336 g/mol. The highest BCUT2D eigenvalue weighted by atomic mass is 16.3. The van der Waals surface area contributed by atoms with E-state index in [2.05, 4.69) is 16.0 Å². The third-order valence-corrected chi connectivity index (χ3v) is 4.19. The number of urea groups is 1. The van der Waals surface area contributed by atoms with Gasteiger partial charge in [-0.2, -0.15) is 0 Å². The SMILES string of the molecule is CNC(=O)Nc1ccc(NC(=O)C2CCCN2C(=O)c2ccco2)cc1. The molecule has 1 saturated heterocycles. The molecule has 1 aromatic carbocycles. The summed E-state index contributed by atoms with van der Waals surface area (Å²) in [5, 5.41) is 7.91. The molecule has 136 valence electrons. The van der Waals surface area contributed by atoms with Crippen LogP contribution in [0, 0.1) is 0 Å². The van der Waals surface area contributed by atoms with Gasteiger partial charge in [0, 0.05) is 25.0 Å². The lowest BCUT2D eigenvalue weighted by Crippen LogP contribution is -2.43. The number of benzene rings is 1. The van der Waals surface area contributed by atoms with Crippen molar-refractivity contribution in [2.45, 2.75) is 18.9 Å². The molecular formula is C18H20N4O4. The number of nitrogens with one attached hydrogen (secondary N) is 3. The molecule has 0 aliphatic carbocycles. The van der Waals surface area contributed by atoms with E-state index in [1.165, 1.54) is 18.2 Å². The molecule has 1 aliphatic heterocycles. The minimum absolute atomic E-state index is 0.231. The van der Waals surface area contributed by atoms with Crippen LogP contribution in [-0.4, -0.2) is 42.4 Å². The number of carbonyl (C=O) groups is 3. The van der Waals surface area contributed by atoms with Crippen molar-refractivity contribution in [2.24, 2.45) is 0 Å². The molecule has 8 heteroatoms. The molecule has 2 heterocycles. The van der Waals surface area contributed by atoms with Crippen molar-refractivity contribution in [3.63, 3.8) is 0 Å². The van der Waals surface area contributed by atoms with Crippen LogP contribution < -0.4 is 16.0 Å². The van der Waals surface area contributed by atoms with Crippen molar-refractivity contribution in [2.75, 3.05) is 24.2 Å². The van der Waals surface area contributed by atoms with Crippen LogP contribution in [0.4, 0.5) is 16.2 Å². The van der Waals surface area contributed by atoms with Gasteiger partial charge in [-0.25, -0.2) is 4.79 Å². The predicted octanol–water partition coefficient (Wildman–Crippen LogP) is 2.27. The summed E-state index contributed by atoms with van der Waals surface area (Å²) in [7, 11) is 1.53. The van der Waals surface area contributed by atoms with E-state index in [0.29, 0.717) is 24.3 Å². The Hall–Kier alpha value is -3.29. The second-order valence-corrected chi connectivity index (χ2v) is 5.90. The second-order valence-electron chi connectivity index (χ2n) is 5.90. The zero-order valence-electron chi connectivity index (χ0n) is 14.3. The number of hydrogen-bond donors (Lipinski definition) is 3. The molecule has 0 saturated carbocycles. The zero-order chi connectivity index (χ0) is 18.5. The molecule has 3 N–H and O–H groups in total. The van der Waals surface area contributed by atoms with E-state index in [0.717, 1.165) is 6.42 Å². The third kappa shape index (κ3) is 3.85. The molecule has 0 spiro atoms. The Morgan fingerprint density at radius 2 is 1.77 bits per heavy atom. The molecule has 0 radical (unpaired) electrons. The first kappa shape index (κ1) is 17.5. The van der Waals surface area contributed by atoms with Gasteiger partial charge >= 0.3 is 6.03 Å². The standard InChI is InChI=1S/C18H20N4O4/c1-19-18(25)21-13-8-6-12(7-9-13)20-16(23)14-4-2-10-22(14)17(24)15-5-3-11-26-15/h3,5-9,11,14H,2,4,10H2,1H3,(H,20,23)(H2,19,21,25). The summed E-state index contributed by atoms with van der Waals surface area (Å²) in [6.45, 7) is 0.520. The lowest BCUT2D eigenvalue weighted by atomic mass is 10.2. The summed E-state index contributed by atoms with van der Waals surface area (Å²) >= 11 is 0. The van der Waals surface area contributed by atoms with E-state index in [9.17, 15) is 14.4 Å². The maximum absolute atomic E-state index is 12.6. The number of amides is 4. The average Bonchev–Trinajstić information content (AvgIpc) is 3.34. The zero-order valence-corrected chi connectivity index (χ0v) is 14.3. The number of furan rings is 1. The summed E-state index contributed by atoms with van der Waals surface area (Å²) < 4.78 is 5.15.